The quantitative estimate of drug-likeness (QED) is 0.663. The normalized spacial score (nSPS) is 14.1. The van der Waals surface area contributed by atoms with Crippen LogP contribution in [0.25, 0.3) is 0 Å². The Balaban J connectivity index is 1.51. The maximum absolute atomic E-state index is 12.3. The van der Waals surface area contributed by atoms with E-state index in [1.54, 1.807) is 24.1 Å². The molecule has 7 heteroatoms. The Labute approximate surface area is 172 Å². The van der Waals surface area contributed by atoms with Crippen molar-refractivity contribution >= 4 is 39.1 Å². The molecule has 1 amide bonds. The lowest BCUT2D eigenvalue weighted by Crippen LogP contribution is -2.36. The molecule has 0 N–H and O–H groups in total. The molecule has 3 rings (SSSR count). The first kappa shape index (κ1) is 20.0. The molecule has 1 saturated heterocycles. The standard InChI is InChI=1S/C20H22BrClN2O3/c1-23(20(25)14-27-19-7-4-16(21)12-18(19)22)13-15-2-5-17(6-3-15)24-8-10-26-11-9-24/h2-7,12H,8-11,13-14H2,1H3. The maximum atomic E-state index is 12.3. The van der Waals surface area contributed by atoms with Gasteiger partial charge in [-0.3, -0.25) is 4.79 Å². The molecule has 144 valence electrons. The van der Waals surface area contributed by atoms with Crippen LogP contribution in [0.1, 0.15) is 5.56 Å². The molecule has 0 atom stereocenters. The summed E-state index contributed by atoms with van der Waals surface area (Å²) in [6.07, 6.45) is 0. The Kier molecular flexibility index (Phi) is 6.99. The zero-order valence-corrected chi connectivity index (χ0v) is 17.5. The monoisotopic (exact) mass is 452 g/mol. The second-order valence-electron chi connectivity index (χ2n) is 6.38. The van der Waals surface area contributed by atoms with E-state index in [0.29, 0.717) is 17.3 Å². The molecule has 5 nitrogen and oxygen atoms in total. The van der Waals surface area contributed by atoms with Crippen molar-refractivity contribution in [3.8, 4) is 5.75 Å². The third-order valence-corrected chi connectivity index (χ3v) is 5.19. The van der Waals surface area contributed by atoms with Crippen molar-refractivity contribution in [3.05, 3.63) is 57.5 Å². The molecule has 0 radical (unpaired) electrons. The Bertz CT molecular complexity index is 779. The highest BCUT2D eigenvalue weighted by Gasteiger charge is 2.13. The van der Waals surface area contributed by atoms with Gasteiger partial charge in [-0.25, -0.2) is 0 Å². The first-order valence-electron chi connectivity index (χ1n) is 8.76. The maximum Gasteiger partial charge on any atom is 0.260 e. The second kappa shape index (κ2) is 9.44. The molecule has 1 heterocycles. The first-order valence-corrected chi connectivity index (χ1v) is 9.93. The van der Waals surface area contributed by atoms with Crippen LogP contribution in [0.2, 0.25) is 5.02 Å². The number of likely N-dealkylation sites (N-methyl/N-ethyl adjacent to an activating group) is 1. The highest BCUT2D eigenvalue weighted by atomic mass is 79.9. The van der Waals surface area contributed by atoms with Gasteiger partial charge < -0.3 is 19.3 Å². The number of benzene rings is 2. The highest BCUT2D eigenvalue weighted by molar-refractivity contribution is 9.10. The van der Waals surface area contributed by atoms with Crippen molar-refractivity contribution in [1.82, 2.24) is 4.90 Å². The lowest BCUT2D eigenvalue weighted by Gasteiger charge is -2.29. The molecule has 2 aromatic carbocycles. The van der Waals surface area contributed by atoms with Crippen LogP contribution in [0.15, 0.2) is 46.9 Å². The van der Waals surface area contributed by atoms with Gasteiger partial charge in [0.15, 0.2) is 6.61 Å². The van der Waals surface area contributed by atoms with Gasteiger partial charge in [-0.05, 0) is 35.9 Å². The van der Waals surface area contributed by atoms with Crippen molar-refractivity contribution in [3.63, 3.8) is 0 Å². The SMILES string of the molecule is CN(Cc1ccc(N2CCOCC2)cc1)C(=O)COc1ccc(Br)cc1Cl. The summed E-state index contributed by atoms with van der Waals surface area (Å²) < 4.78 is 11.8. The summed E-state index contributed by atoms with van der Waals surface area (Å²) in [5.74, 6) is 0.391. The van der Waals surface area contributed by atoms with Gasteiger partial charge in [-0.2, -0.15) is 0 Å². The summed E-state index contributed by atoms with van der Waals surface area (Å²) in [6.45, 7) is 3.83. The number of hydrogen-bond donors (Lipinski definition) is 0. The fraction of sp³-hybridized carbons (Fsp3) is 0.350. The molecule has 0 spiro atoms. The smallest absolute Gasteiger partial charge is 0.260 e. The molecule has 2 aromatic rings. The molecule has 0 aliphatic carbocycles. The van der Waals surface area contributed by atoms with Crippen LogP contribution in [0, 0.1) is 0 Å². The molecule has 0 aromatic heterocycles. The summed E-state index contributed by atoms with van der Waals surface area (Å²) in [6, 6.07) is 13.6. The predicted molar refractivity (Wildman–Crippen MR) is 111 cm³/mol. The van der Waals surface area contributed by atoms with Crippen LogP contribution in [0.5, 0.6) is 5.75 Å². The number of hydrogen-bond acceptors (Lipinski definition) is 4. The van der Waals surface area contributed by atoms with Gasteiger partial charge in [0.25, 0.3) is 5.91 Å². The van der Waals surface area contributed by atoms with E-state index in [1.165, 1.54) is 5.69 Å². The molecule has 1 aliphatic rings. The predicted octanol–water partition coefficient (Wildman–Crippen LogP) is 3.98. The number of carbonyl (C=O) groups is 1. The minimum atomic E-state index is -0.105. The van der Waals surface area contributed by atoms with Crippen molar-refractivity contribution in [2.24, 2.45) is 0 Å². The fourth-order valence-electron chi connectivity index (χ4n) is 2.84. The molecular weight excluding hydrogens is 432 g/mol. The van der Waals surface area contributed by atoms with Crippen molar-refractivity contribution in [1.29, 1.82) is 0 Å². The molecule has 0 unspecified atom stereocenters. The third-order valence-electron chi connectivity index (χ3n) is 4.40. The van der Waals surface area contributed by atoms with Crippen molar-refractivity contribution in [2.45, 2.75) is 6.54 Å². The Morgan fingerprint density at radius 2 is 1.93 bits per heavy atom. The number of amides is 1. The van der Waals surface area contributed by atoms with E-state index in [1.807, 2.05) is 6.07 Å². The Morgan fingerprint density at radius 1 is 1.22 bits per heavy atom. The van der Waals surface area contributed by atoms with Crippen LogP contribution >= 0.6 is 27.5 Å². The summed E-state index contributed by atoms with van der Waals surface area (Å²) in [4.78, 5) is 16.3. The van der Waals surface area contributed by atoms with Gasteiger partial charge in [0.2, 0.25) is 0 Å². The van der Waals surface area contributed by atoms with E-state index in [2.05, 4.69) is 45.1 Å². The average Bonchev–Trinajstić information content (AvgIpc) is 2.68. The largest absolute Gasteiger partial charge is 0.482 e. The second-order valence-corrected chi connectivity index (χ2v) is 7.70. The number of halogens is 2. The van der Waals surface area contributed by atoms with E-state index in [4.69, 9.17) is 21.1 Å². The zero-order chi connectivity index (χ0) is 19.2. The summed E-state index contributed by atoms with van der Waals surface area (Å²) in [5.41, 5.74) is 2.26. The average molecular weight is 454 g/mol. The third kappa shape index (κ3) is 5.61. The summed E-state index contributed by atoms with van der Waals surface area (Å²) >= 11 is 9.45. The number of rotatable bonds is 6. The minimum absolute atomic E-state index is 0.0519. The summed E-state index contributed by atoms with van der Waals surface area (Å²) in [5, 5.41) is 0.471. The van der Waals surface area contributed by atoms with E-state index in [0.717, 1.165) is 36.3 Å². The molecule has 27 heavy (non-hydrogen) atoms. The van der Waals surface area contributed by atoms with E-state index < -0.39 is 0 Å². The van der Waals surface area contributed by atoms with E-state index in [-0.39, 0.29) is 12.5 Å². The Hall–Kier alpha value is -1.76. The van der Waals surface area contributed by atoms with Crippen molar-refractivity contribution in [2.75, 3.05) is 44.9 Å². The number of nitrogens with zero attached hydrogens (tertiary/aromatic N) is 2. The van der Waals surface area contributed by atoms with Gasteiger partial charge in [0, 0.05) is 36.8 Å². The molecular formula is C20H22BrClN2O3. The number of ether oxygens (including phenoxy) is 2. The lowest BCUT2D eigenvalue weighted by molar-refractivity contribution is -0.132. The van der Waals surface area contributed by atoms with Gasteiger partial charge in [0.1, 0.15) is 5.75 Å². The zero-order valence-electron chi connectivity index (χ0n) is 15.2. The van der Waals surface area contributed by atoms with Crippen molar-refractivity contribution < 1.29 is 14.3 Å². The number of anilines is 1. The number of carbonyl (C=O) groups excluding carboxylic acids is 1. The van der Waals surface area contributed by atoms with Crippen LogP contribution in [-0.4, -0.2) is 50.8 Å². The minimum Gasteiger partial charge on any atom is -0.482 e. The first-order chi connectivity index (χ1) is 13.0. The van der Waals surface area contributed by atoms with E-state index in [9.17, 15) is 4.79 Å². The lowest BCUT2D eigenvalue weighted by atomic mass is 10.1. The molecule has 1 fully saturated rings. The van der Waals surface area contributed by atoms with E-state index >= 15 is 0 Å². The van der Waals surface area contributed by atoms with Crippen LogP contribution < -0.4 is 9.64 Å². The van der Waals surface area contributed by atoms with Gasteiger partial charge in [-0.1, -0.05) is 39.7 Å². The van der Waals surface area contributed by atoms with Gasteiger partial charge in [0.05, 0.1) is 18.2 Å². The molecule has 0 saturated carbocycles. The topological polar surface area (TPSA) is 42.0 Å². The van der Waals surface area contributed by atoms with Crippen LogP contribution in [-0.2, 0) is 16.1 Å². The number of morpholine rings is 1. The molecule has 1 aliphatic heterocycles. The van der Waals surface area contributed by atoms with Gasteiger partial charge in [-0.15, -0.1) is 0 Å². The van der Waals surface area contributed by atoms with Crippen LogP contribution in [0.3, 0.4) is 0 Å². The van der Waals surface area contributed by atoms with Gasteiger partial charge >= 0.3 is 0 Å². The highest BCUT2D eigenvalue weighted by Crippen LogP contribution is 2.27. The molecule has 0 bridgehead atoms. The fourth-order valence-corrected chi connectivity index (χ4v) is 3.57. The van der Waals surface area contributed by atoms with Crippen LogP contribution in [0.4, 0.5) is 5.69 Å². The summed E-state index contributed by atoms with van der Waals surface area (Å²) in [7, 11) is 1.77. The Morgan fingerprint density at radius 3 is 2.59 bits per heavy atom.